The standard InChI is InChI=1S/C26H39N3O10/c30-21(13-12-19-8-4-3-5-9-19)14-15-23-22(24(31)16-25(23)32)10-6-1-2-7-11-26(33)27-20(17-38-28(34)35)18-39-29(36)37/h1,3-6,8-9,20-25,30-32H,2,7,10-18H2,(H,27,33)/t21-,22+,23+,24-,25+/m0/s1. The van der Waals surface area contributed by atoms with Gasteiger partial charge in [-0.15, -0.1) is 20.2 Å². The normalized spacial score (nSPS) is 21.6. The molecule has 13 nitrogen and oxygen atoms in total. The van der Waals surface area contributed by atoms with Crippen molar-refractivity contribution in [3.63, 3.8) is 0 Å². The number of carbonyl (C=O) groups is 1. The predicted octanol–water partition coefficient (Wildman–Crippen LogP) is 2.14. The third-order valence-electron chi connectivity index (χ3n) is 6.94. The molecule has 0 aromatic heterocycles. The number of amides is 1. The lowest BCUT2D eigenvalue weighted by Crippen LogP contribution is -2.42. The molecule has 1 aromatic rings. The van der Waals surface area contributed by atoms with Crippen molar-refractivity contribution in [1.82, 2.24) is 5.32 Å². The zero-order valence-corrected chi connectivity index (χ0v) is 21.9. The zero-order valence-electron chi connectivity index (χ0n) is 21.9. The predicted molar refractivity (Wildman–Crippen MR) is 139 cm³/mol. The fourth-order valence-corrected chi connectivity index (χ4v) is 4.90. The third-order valence-corrected chi connectivity index (χ3v) is 6.94. The van der Waals surface area contributed by atoms with Gasteiger partial charge in [0, 0.05) is 6.42 Å². The number of rotatable bonds is 19. The second-order valence-electron chi connectivity index (χ2n) is 9.86. The number of aliphatic hydroxyl groups is 3. The van der Waals surface area contributed by atoms with E-state index in [0.29, 0.717) is 44.9 Å². The molecule has 218 valence electrons. The fraction of sp³-hybridized carbons (Fsp3) is 0.654. The van der Waals surface area contributed by atoms with Crippen molar-refractivity contribution in [3.8, 4) is 0 Å². The van der Waals surface area contributed by atoms with E-state index in [4.69, 9.17) is 0 Å². The minimum Gasteiger partial charge on any atom is -0.393 e. The van der Waals surface area contributed by atoms with Crippen molar-refractivity contribution in [3.05, 3.63) is 68.3 Å². The second kappa shape index (κ2) is 17.3. The largest absolute Gasteiger partial charge is 0.393 e. The van der Waals surface area contributed by atoms with E-state index in [9.17, 15) is 40.3 Å². The summed E-state index contributed by atoms with van der Waals surface area (Å²) >= 11 is 0. The van der Waals surface area contributed by atoms with Gasteiger partial charge in [0.05, 0.1) is 24.4 Å². The van der Waals surface area contributed by atoms with E-state index in [2.05, 4.69) is 15.0 Å². The molecule has 13 heteroatoms. The Morgan fingerprint density at radius 1 is 1.03 bits per heavy atom. The first kappa shape index (κ1) is 31.9. The van der Waals surface area contributed by atoms with E-state index in [-0.39, 0.29) is 18.3 Å². The molecule has 0 saturated heterocycles. The molecule has 4 N–H and O–H groups in total. The van der Waals surface area contributed by atoms with Crippen molar-refractivity contribution in [2.75, 3.05) is 13.2 Å². The third kappa shape index (κ3) is 12.9. The van der Waals surface area contributed by atoms with Crippen LogP contribution in [0.25, 0.3) is 0 Å². The first-order valence-electron chi connectivity index (χ1n) is 13.2. The highest BCUT2D eigenvalue weighted by Crippen LogP contribution is 2.38. The van der Waals surface area contributed by atoms with Gasteiger partial charge in [0.25, 0.3) is 10.2 Å². The quantitative estimate of drug-likeness (QED) is 0.0853. The highest BCUT2D eigenvalue weighted by Gasteiger charge is 2.40. The highest BCUT2D eigenvalue weighted by molar-refractivity contribution is 5.76. The average Bonchev–Trinajstić information content (AvgIpc) is 3.17. The van der Waals surface area contributed by atoms with Crippen molar-refractivity contribution >= 4 is 5.91 Å². The van der Waals surface area contributed by atoms with Crippen LogP contribution < -0.4 is 5.32 Å². The van der Waals surface area contributed by atoms with E-state index < -0.39 is 53.6 Å². The van der Waals surface area contributed by atoms with Crippen LogP contribution in [-0.4, -0.2) is 69.0 Å². The van der Waals surface area contributed by atoms with Crippen molar-refractivity contribution < 1.29 is 40.0 Å². The molecule has 0 heterocycles. The first-order chi connectivity index (χ1) is 18.7. The van der Waals surface area contributed by atoms with Crippen LogP contribution >= 0.6 is 0 Å². The van der Waals surface area contributed by atoms with E-state index >= 15 is 0 Å². The van der Waals surface area contributed by atoms with E-state index in [1.165, 1.54) is 5.56 Å². The van der Waals surface area contributed by atoms with Gasteiger partial charge in [-0.25, -0.2) is 0 Å². The Kier molecular flexibility index (Phi) is 14.2. The Balaban J connectivity index is 1.70. The number of benzene rings is 1. The van der Waals surface area contributed by atoms with Crippen LogP contribution in [0.2, 0.25) is 0 Å². The molecular weight excluding hydrogens is 514 g/mol. The van der Waals surface area contributed by atoms with Crippen LogP contribution in [0.1, 0.15) is 56.9 Å². The molecule has 1 amide bonds. The molecular formula is C26H39N3O10. The molecule has 39 heavy (non-hydrogen) atoms. The van der Waals surface area contributed by atoms with E-state index in [0.717, 1.165) is 6.42 Å². The molecule has 5 atom stereocenters. The maximum Gasteiger partial charge on any atom is 0.294 e. The van der Waals surface area contributed by atoms with Crippen LogP contribution in [0.15, 0.2) is 42.5 Å². The van der Waals surface area contributed by atoms with Crippen molar-refractivity contribution in [2.45, 2.75) is 82.1 Å². The summed E-state index contributed by atoms with van der Waals surface area (Å²) in [5.41, 5.74) is 1.17. The lowest BCUT2D eigenvalue weighted by Gasteiger charge is -2.23. The number of carbonyl (C=O) groups excluding carboxylic acids is 1. The molecule has 1 aromatic carbocycles. The molecule has 0 bridgehead atoms. The van der Waals surface area contributed by atoms with Crippen LogP contribution in [0.5, 0.6) is 0 Å². The number of allylic oxidation sites excluding steroid dienone is 2. The number of hydrogen-bond donors (Lipinski definition) is 4. The van der Waals surface area contributed by atoms with E-state index in [1.54, 1.807) is 0 Å². The van der Waals surface area contributed by atoms with Gasteiger partial charge < -0.3 is 30.3 Å². The van der Waals surface area contributed by atoms with Gasteiger partial charge in [-0.3, -0.25) is 4.79 Å². The summed E-state index contributed by atoms with van der Waals surface area (Å²) in [6.45, 7) is -1.15. The van der Waals surface area contributed by atoms with Gasteiger partial charge in [0.2, 0.25) is 5.91 Å². The summed E-state index contributed by atoms with van der Waals surface area (Å²) in [6, 6.07) is 8.89. The number of aliphatic hydroxyl groups excluding tert-OH is 3. The number of nitrogens with zero attached hydrogens (tertiary/aromatic N) is 2. The molecule has 1 aliphatic rings. The Morgan fingerprint density at radius 2 is 1.67 bits per heavy atom. The lowest BCUT2D eigenvalue weighted by atomic mass is 9.85. The SMILES string of the molecule is O=C(CCCC=CC[C@@H]1[C@@H](CC[C@@H](O)CCc2ccccc2)[C@H](O)C[C@@H]1O)NC(CO[N+](=O)[O-])CO[N+](=O)[O-]. The molecule has 0 radical (unpaired) electrons. The maximum atomic E-state index is 12.1. The van der Waals surface area contributed by atoms with Gasteiger partial charge in [0.1, 0.15) is 13.2 Å². The van der Waals surface area contributed by atoms with Gasteiger partial charge in [0.15, 0.2) is 0 Å². The monoisotopic (exact) mass is 553 g/mol. The topological polar surface area (TPSA) is 195 Å². The Hall–Kier alpha value is -3.29. The number of unbranched alkanes of at least 4 members (excludes halogenated alkanes) is 1. The van der Waals surface area contributed by atoms with Crippen LogP contribution in [-0.2, 0) is 20.9 Å². The zero-order chi connectivity index (χ0) is 28.6. The van der Waals surface area contributed by atoms with E-state index in [1.807, 2.05) is 42.5 Å². The fourth-order valence-electron chi connectivity index (χ4n) is 4.90. The second-order valence-corrected chi connectivity index (χ2v) is 9.86. The highest BCUT2D eigenvalue weighted by atomic mass is 17.0. The van der Waals surface area contributed by atoms with Gasteiger partial charge in [-0.1, -0.05) is 42.5 Å². The molecule has 0 spiro atoms. The summed E-state index contributed by atoms with van der Waals surface area (Å²) in [4.78, 5) is 41.1. The minimum atomic E-state index is -1.06. The number of aryl methyl sites for hydroxylation is 1. The van der Waals surface area contributed by atoms with Crippen molar-refractivity contribution in [1.29, 1.82) is 0 Å². The molecule has 0 aliphatic heterocycles. The number of hydrogen-bond acceptors (Lipinski definition) is 10. The summed E-state index contributed by atoms with van der Waals surface area (Å²) in [6.07, 6.45) is 6.67. The smallest absolute Gasteiger partial charge is 0.294 e. The average molecular weight is 554 g/mol. The minimum absolute atomic E-state index is 0.0893. The molecule has 0 unspecified atom stereocenters. The molecule has 2 rings (SSSR count). The lowest BCUT2D eigenvalue weighted by molar-refractivity contribution is -0.766. The van der Waals surface area contributed by atoms with Crippen LogP contribution in [0, 0.1) is 32.1 Å². The Labute approximate surface area is 227 Å². The molecule has 1 saturated carbocycles. The number of nitrogens with one attached hydrogen (secondary N) is 1. The summed E-state index contributed by atoms with van der Waals surface area (Å²) in [5, 5.41) is 52.3. The van der Waals surface area contributed by atoms with Crippen LogP contribution in [0.4, 0.5) is 0 Å². The van der Waals surface area contributed by atoms with Crippen molar-refractivity contribution in [2.24, 2.45) is 11.8 Å². The Morgan fingerprint density at radius 3 is 2.31 bits per heavy atom. The molecule has 1 fully saturated rings. The summed E-state index contributed by atoms with van der Waals surface area (Å²) < 4.78 is 0. The Bertz CT molecular complexity index is 899. The maximum absolute atomic E-state index is 12.1. The first-order valence-corrected chi connectivity index (χ1v) is 13.2. The molecule has 1 aliphatic carbocycles. The summed E-state index contributed by atoms with van der Waals surface area (Å²) in [5.74, 6) is -0.682. The van der Waals surface area contributed by atoms with Gasteiger partial charge in [-0.05, 0) is 68.8 Å². The van der Waals surface area contributed by atoms with Gasteiger partial charge in [-0.2, -0.15) is 0 Å². The van der Waals surface area contributed by atoms with Gasteiger partial charge >= 0.3 is 0 Å². The van der Waals surface area contributed by atoms with Crippen LogP contribution in [0.3, 0.4) is 0 Å². The summed E-state index contributed by atoms with van der Waals surface area (Å²) in [7, 11) is 0.